The van der Waals surface area contributed by atoms with Gasteiger partial charge in [-0.3, -0.25) is 4.68 Å². The number of piperazine rings is 1. The van der Waals surface area contributed by atoms with Crippen LogP contribution in [0, 0.1) is 11.3 Å². The van der Waals surface area contributed by atoms with Crippen LogP contribution in [0.15, 0.2) is 30.7 Å². The number of amides is 2. The Morgan fingerprint density at radius 1 is 1.31 bits per heavy atom. The van der Waals surface area contributed by atoms with Crippen LogP contribution in [-0.2, 0) is 11.3 Å². The summed E-state index contributed by atoms with van der Waals surface area (Å²) < 4.78 is 7.73. The summed E-state index contributed by atoms with van der Waals surface area (Å²) in [5.74, 6) is 0.834. The summed E-state index contributed by atoms with van der Waals surface area (Å²) in [6.07, 6.45) is 6.03. The molecule has 9 nitrogen and oxygen atoms in total. The summed E-state index contributed by atoms with van der Waals surface area (Å²) in [6.45, 7) is 6.14. The quantitative estimate of drug-likeness (QED) is 0.843. The van der Waals surface area contributed by atoms with Crippen LogP contribution in [0.3, 0.4) is 0 Å². The maximum atomic E-state index is 12.8. The Balaban J connectivity index is 1.31. The lowest BCUT2D eigenvalue weighted by molar-refractivity contribution is 0.0978. The van der Waals surface area contributed by atoms with Crippen molar-refractivity contribution >= 4 is 11.8 Å². The molecule has 0 aromatic carbocycles. The third kappa shape index (κ3) is 4.17. The molecule has 152 valence electrons. The van der Waals surface area contributed by atoms with Crippen LogP contribution in [0.1, 0.15) is 30.6 Å². The fourth-order valence-electron chi connectivity index (χ4n) is 3.79. The topological polar surface area (TPSA) is 99.3 Å². The van der Waals surface area contributed by atoms with Gasteiger partial charge in [0.1, 0.15) is 18.0 Å². The van der Waals surface area contributed by atoms with E-state index in [2.05, 4.69) is 26.4 Å². The molecule has 0 spiro atoms. The molecule has 2 amide bonds. The maximum Gasteiger partial charge on any atom is 0.317 e. The first-order valence-electron chi connectivity index (χ1n) is 9.98. The zero-order chi connectivity index (χ0) is 20.2. The van der Waals surface area contributed by atoms with Gasteiger partial charge in [-0.1, -0.05) is 0 Å². The third-order valence-electron chi connectivity index (χ3n) is 5.47. The molecule has 2 fully saturated rings. The Hall–Kier alpha value is -3.12. The van der Waals surface area contributed by atoms with Crippen molar-refractivity contribution in [3.63, 3.8) is 0 Å². The molecule has 2 aliphatic rings. The number of hydrogen-bond acceptors (Lipinski definition) is 6. The Morgan fingerprint density at radius 3 is 2.79 bits per heavy atom. The molecule has 1 N–H and O–H groups in total. The minimum absolute atomic E-state index is 0.0461. The normalized spacial score (nSPS) is 21.8. The van der Waals surface area contributed by atoms with Gasteiger partial charge in [-0.25, -0.2) is 9.78 Å². The van der Waals surface area contributed by atoms with Gasteiger partial charge in [0.05, 0.1) is 17.8 Å². The average molecular weight is 395 g/mol. The average Bonchev–Trinajstić information content (AvgIpc) is 3.43. The first kappa shape index (κ1) is 19.2. The van der Waals surface area contributed by atoms with E-state index in [0.29, 0.717) is 38.3 Å². The van der Waals surface area contributed by atoms with E-state index in [1.54, 1.807) is 12.3 Å². The number of nitrogens with zero attached hydrogens (tertiary/aromatic N) is 6. The number of anilines is 1. The highest BCUT2D eigenvalue weighted by atomic mass is 16.5. The fourth-order valence-corrected chi connectivity index (χ4v) is 3.79. The van der Waals surface area contributed by atoms with E-state index >= 15 is 0 Å². The lowest BCUT2D eigenvalue weighted by atomic mass is 10.1. The molecule has 2 aromatic heterocycles. The van der Waals surface area contributed by atoms with Gasteiger partial charge in [0.15, 0.2) is 0 Å². The van der Waals surface area contributed by atoms with Crippen molar-refractivity contribution in [2.24, 2.45) is 0 Å². The van der Waals surface area contributed by atoms with Crippen LogP contribution < -0.4 is 10.2 Å². The molecular formula is C20H25N7O2. The lowest BCUT2D eigenvalue weighted by Gasteiger charge is -2.36. The van der Waals surface area contributed by atoms with Gasteiger partial charge in [0.25, 0.3) is 0 Å². The highest BCUT2D eigenvalue weighted by molar-refractivity contribution is 5.75. The number of nitrogens with one attached hydrogen (secondary N) is 1. The highest BCUT2D eigenvalue weighted by Crippen LogP contribution is 2.29. The van der Waals surface area contributed by atoms with Gasteiger partial charge < -0.3 is 19.9 Å². The van der Waals surface area contributed by atoms with Gasteiger partial charge in [-0.15, -0.1) is 0 Å². The number of rotatable bonds is 4. The molecule has 2 saturated heterocycles. The minimum atomic E-state index is -0.150. The highest BCUT2D eigenvalue weighted by Gasteiger charge is 2.33. The minimum Gasteiger partial charge on any atom is -0.371 e. The van der Waals surface area contributed by atoms with Gasteiger partial charge in [-0.2, -0.15) is 10.4 Å². The molecule has 4 rings (SSSR count). The predicted octanol–water partition coefficient (Wildman–Crippen LogP) is 1.53. The molecule has 4 heterocycles. The van der Waals surface area contributed by atoms with Crippen molar-refractivity contribution < 1.29 is 9.53 Å². The Labute approximate surface area is 169 Å². The largest absolute Gasteiger partial charge is 0.371 e. The van der Waals surface area contributed by atoms with E-state index in [1.165, 1.54) is 0 Å². The van der Waals surface area contributed by atoms with E-state index in [0.717, 1.165) is 24.3 Å². The summed E-state index contributed by atoms with van der Waals surface area (Å²) >= 11 is 0. The molecule has 29 heavy (non-hydrogen) atoms. The van der Waals surface area contributed by atoms with Crippen LogP contribution in [-0.4, -0.2) is 64.5 Å². The van der Waals surface area contributed by atoms with Crippen LogP contribution >= 0.6 is 0 Å². The van der Waals surface area contributed by atoms with Crippen molar-refractivity contribution in [2.75, 3.05) is 37.7 Å². The molecule has 2 atom stereocenters. The summed E-state index contributed by atoms with van der Waals surface area (Å²) in [5, 5.41) is 16.4. The fraction of sp³-hybridized carbons (Fsp3) is 0.500. The number of ether oxygens (including phenoxy) is 1. The molecule has 0 aliphatic carbocycles. The van der Waals surface area contributed by atoms with E-state index in [4.69, 9.17) is 10.00 Å². The molecule has 0 bridgehead atoms. The van der Waals surface area contributed by atoms with Gasteiger partial charge in [-0.05, 0) is 25.5 Å². The van der Waals surface area contributed by atoms with E-state index in [1.807, 2.05) is 35.0 Å². The van der Waals surface area contributed by atoms with Crippen LogP contribution in [0.2, 0.25) is 0 Å². The monoisotopic (exact) mass is 395 g/mol. The third-order valence-corrected chi connectivity index (χ3v) is 5.47. The molecule has 9 heteroatoms. The standard InChI is InChI=1S/C20H25N7O2/c1-2-27-14-16(13-23-27)19-17(5-10-29-19)24-20(28)26-8-6-25(7-9-26)18-4-3-15(11-21)12-22-18/h3-4,12-14,17,19H,2,5-10H2,1H3,(H,24,28)/t17-,19+/m0/s1. The summed E-state index contributed by atoms with van der Waals surface area (Å²) in [4.78, 5) is 21.1. The number of aromatic nitrogens is 3. The number of urea groups is 1. The number of nitriles is 1. The smallest absolute Gasteiger partial charge is 0.317 e. The Morgan fingerprint density at radius 2 is 2.14 bits per heavy atom. The van der Waals surface area contributed by atoms with Crippen molar-refractivity contribution in [3.8, 4) is 6.07 Å². The van der Waals surface area contributed by atoms with Crippen molar-refractivity contribution in [1.82, 2.24) is 25.0 Å². The van der Waals surface area contributed by atoms with Gasteiger partial charge >= 0.3 is 6.03 Å². The molecule has 2 aromatic rings. The summed E-state index contributed by atoms with van der Waals surface area (Å²) in [5.41, 5.74) is 1.55. The Bertz CT molecular complexity index is 881. The summed E-state index contributed by atoms with van der Waals surface area (Å²) in [6, 6.07) is 5.59. The lowest BCUT2D eigenvalue weighted by Crippen LogP contribution is -2.54. The second-order valence-corrected chi connectivity index (χ2v) is 7.26. The van der Waals surface area contributed by atoms with Gasteiger partial charge in [0.2, 0.25) is 0 Å². The second-order valence-electron chi connectivity index (χ2n) is 7.26. The van der Waals surface area contributed by atoms with E-state index in [-0.39, 0.29) is 18.2 Å². The van der Waals surface area contributed by atoms with Crippen molar-refractivity contribution in [3.05, 3.63) is 41.9 Å². The number of carbonyl (C=O) groups is 1. The molecule has 0 saturated carbocycles. The predicted molar refractivity (Wildman–Crippen MR) is 106 cm³/mol. The number of aryl methyl sites for hydroxylation is 1. The van der Waals surface area contributed by atoms with Crippen molar-refractivity contribution in [2.45, 2.75) is 32.0 Å². The molecule has 0 unspecified atom stereocenters. The SMILES string of the molecule is CCn1cc([C@H]2OCC[C@@H]2NC(=O)N2CCN(c3ccc(C#N)cn3)CC2)cn1. The zero-order valence-electron chi connectivity index (χ0n) is 16.5. The molecule has 2 aliphatic heterocycles. The van der Waals surface area contributed by atoms with E-state index < -0.39 is 0 Å². The number of pyridine rings is 1. The maximum absolute atomic E-state index is 12.8. The Kier molecular flexibility index (Phi) is 5.62. The molecule has 0 radical (unpaired) electrons. The molecular weight excluding hydrogens is 370 g/mol. The van der Waals surface area contributed by atoms with Crippen LogP contribution in [0.4, 0.5) is 10.6 Å². The van der Waals surface area contributed by atoms with Crippen molar-refractivity contribution in [1.29, 1.82) is 5.26 Å². The summed E-state index contributed by atoms with van der Waals surface area (Å²) in [7, 11) is 0. The van der Waals surface area contributed by atoms with E-state index in [9.17, 15) is 4.79 Å². The second kappa shape index (κ2) is 8.49. The first-order chi connectivity index (χ1) is 14.2. The van der Waals surface area contributed by atoms with Crippen LogP contribution in [0.5, 0.6) is 0 Å². The number of hydrogen-bond donors (Lipinski definition) is 1. The van der Waals surface area contributed by atoms with Crippen LogP contribution in [0.25, 0.3) is 0 Å². The van der Waals surface area contributed by atoms with Gasteiger partial charge in [0, 0.05) is 57.3 Å². The zero-order valence-corrected chi connectivity index (χ0v) is 16.5. The number of carbonyl (C=O) groups excluding carboxylic acids is 1. The first-order valence-corrected chi connectivity index (χ1v) is 9.98.